The van der Waals surface area contributed by atoms with E-state index in [9.17, 15) is 13.2 Å². The minimum atomic E-state index is -2.52. The molecule has 1 unspecified atom stereocenters. The molecule has 0 aromatic heterocycles. The highest BCUT2D eigenvalue weighted by Crippen LogP contribution is 2.46. The summed E-state index contributed by atoms with van der Waals surface area (Å²) in [6.45, 7) is 1.67. The van der Waals surface area contributed by atoms with E-state index >= 15 is 0 Å². The van der Waals surface area contributed by atoms with Gasteiger partial charge in [0.15, 0.2) is 0 Å². The van der Waals surface area contributed by atoms with Crippen LogP contribution in [0.2, 0.25) is 0 Å². The molecule has 0 heterocycles. The third-order valence-electron chi connectivity index (χ3n) is 2.59. The number of hydrogen-bond donors (Lipinski definition) is 1. The summed E-state index contributed by atoms with van der Waals surface area (Å²) in [7, 11) is -1.23. The second-order valence-corrected chi connectivity index (χ2v) is 4.66. The van der Waals surface area contributed by atoms with Gasteiger partial charge in [0.1, 0.15) is 10.7 Å². The van der Waals surface area contributed by atoms with E-state index in [1.54, 1.807) is 6.92 Å². The smallest absolute Gasteiger partial charge is 0.312 e. The van der Waals surface area contributed by atoms with Crippen LogP contribution in [0.1, 0.15) is 19.8 Å². The molecule has 1 saturated carbocycles. The predicted octanol–water partition coefficient (Wildman–Crippen LogP) is 0.187. The summed E-state index contributed by atoms with van der Waals surface area (Å²) < 4.78 is 25.8. The zero-order valence-corrected chi connectivity index (χ0v) is 8.67. The molecule has 1 rings (SSSR count). The monoisotopic (exact) mass is 206 g/mol. The van der Waals surface area contributed by atoms with Crippen molar-refractivity contribution in [1.82, 2.24) is 0 Å². The maximum absolute atomic E-state index is 11.4. The van der Waals surface area contributed by atoms with Gasteiger partial charge in [-0.3, -0.25) is 4.79 Å². The fourth-order valence-electron chi connectivity index (χ4n) is 1.58. The molecule has 0 N–H and O–H groups in total. The second kappa shape index (κ2) is 3.65. The van der Waals surface area contributed by atoms with Crippen molar-refractivity contribution < 1.29 is 17.9 Å². The molecule has 1 atom stereocenters. The first-order valence-corrected chi connectivity index (χ1v) is 5.57. The first-order valence-electron chi connectivity index (χ1n) is 4.21. The van der Waals surface area contributed by atoms with Crippen molar-refractivity contribution in [1.29, 1.82) is 0 Å². The van der Waals surface area contributed by atoms with Crippen molar-refractivity contribution in [3.8, 4) is 0 Å². The summed E-state index contributed by atoms with van der Waals surface area (Å²) in [5.74, 6) is -0.318. The van der Waals surface area contributed by atoms with Crippen molar-refractivity contribution in [3.05, 3.63) is 0 Å². The molecule has 0 spiro atoms. The lowest BCUT2D eigenvalue weighted by Gasteiger charge is -2.23. The van der Waals surface area contributed by atoms with E-state index in [4.69, 9.17) is 0 Å². The first kappa shape index (κ1) is 10.5. The Bertz CT molecular complexity index is 272. The number of methoxy groups -OCH3 is 1. The summed E-state index contributed by atoms with van der Waals surface area (Å²) in [6.07, 6.45) is 1.85. The van der Waals surface area contributed by atoms with Gasteiger partial charge in [-0.25, -0.2) is 8.42 Å². The third kappa shape index (κ3) is 2.21. The average molecular weight is 206 g/mol. The van der Waals surface area contributed by atoms with E-state index in [-0.39, 0.29) is 11.7 Å². The number of esters is 1. The Balaban J connectivity index is 2.79. The molecule has 0 radical (unpaired) electrons. The number of carbonyl (C=O) groups excluding carboxylic acids is 1. The Morgan fingerprint density at radius 1 is 1.54 bits per heavy atom. The minimum Gasteiger partial charge on any atom is -0.469 e. The van der Waals surface area contributed by atoms with Gasteiger partial charge in [0, 0.05) is 0 Å². The van der Waals surface area contributed by atoms with E-state index in [0.717, 1.165) is 12.8 Å². The van der Waals surface area contributed by atoms with Crippen molar-refractivity contribution >= 4 is 16.7 Å². The van der Waals surface area contributed by atoms with E-state index in [1.165, 1.54) is 7.11 Å². The van der Waals surface area contributed by atoms with Crippen molar-refractivity contribution in [2.45, 2.75) is 19.8 Å². The summed E-state index contributed by atoms with van der Waals surface area (Å²) >= 11 is 0. The molecule has 0 amide bonds. The Morgan fingerprint density at radius 3 is 2.38 bits per heavy atom. The Kier molecular flexibility index (Phi) is 2.95. The highest BCUT2D eigenvalue weighted by molar-refractivity contribution is 7.72. The van der Waals surface area contributed by atoms with E-state index in [2.05, 4.69) is 4.74 Å². The van der Waals surface area contributed by atoms with Gasteiger partial charge in [-0.1, -0.05) is 0 Å². The van der Waals surface area contributed by atoms with E-state index in [1.807, 2.05) is 0 Å². The fraction of sp³-hybridized carbons (Fsp3) is 0.875. The molecule has 13 heavy (non-hydrogen) atoms. The van der Waals surface area contributed by atoms with Crippen LogP contribution >= 0.6 is 0 Å². The fourth-order valence-corrected chi connectivity index (χ4v) is 2.51. The second-order valence-electron chi connectivity index (χ2n) is 3.67. The molecule has 5 heteroatoms. The summed E-state index contributed by atoms with van der Waals surface area (Å²) in [5.41, 5.74) is -0.816. The molecular weight excluding hydrogens is 192 g/mol. The van der Waals surface area contributed by atoms with Gasteiger partial charge in [-0.2, -0.15) is 0 Å². The molecule has 1 fully saturated rings. The van der Waals surface area contributed by atoms with Gasteiger partial charge >= 0.3 is 5.97 Å². The summed E-state index contributed by atoms with van der Waals surface area (Å²) in [6, 6.07) is 0. The van der Waals surface area contributed by atoms with Gasteiger partial charge in [0.2, 0.25) is 0 Å². The number of thiol groups is 1. The van der Waals surface area contributed by atoms with Crippen molar-refractivity contribution in [2.24, 2.45) is 11.3 Å². The van der Waals surface area contributed by atoms with Crippen LogP contribution in [0.25, 0.3) is 0 Å². The van der Waals surface area contributed by atoms with Crippen LogP contribution < -0.4 is 0 Å². The molecule has 4 nitrogen and oxygen atoms in total. The third-order valence-corrected chi connectivity index (χ3v) is 3.50. The predicted molar refractivity (Wildman–Crippen MR) is 48.0 cm³/mol. The molecule has 0 aliphatic heterocycles. The minimum absolute atomic E-state index is 0.0975. The highest BCUT2D eigenvalue weighted by Gasteiger charge is 2.48. The largest absolute Gasteiger partial charge is 0.469 e. The van der Waals surface area contributed by atoms with Crippen LogP contribution in [0, 0.1) is 11.3 Å². The molecule has 1 aliphatic carbocycles. The maximum Gasteiger partial charge on any atom is 0.312 e. The molecule has 0 bridgehead atoms. The van der Waals surface area contributed by atoms with Gasteiger partial charge in [-0.05, 0) is 25.7 Å². The van der Waals surface area contributed by atoms with Crippen LogP contribution in [0.3, 0.4) is 0 Å². The zero-order valence-electron chi connectivity index (χ0n) is 7.78. The number of carbonyl (C=O) groups is 1. The van der Waals surface area contributed by atoms with E-state index in [0.29, 0.717) is 0 Å². The average Bonchev–Trinajstić information content (AvgIpc) is 2.83. The topological polar surface area (TPSA) is 60.4 Å². The molecule has 0 aromatic rings. The van der Waals surface area contributed by atoms with Crippen LogP contribution in [0.4, 0.5) is 0 Å². The lowest BCUT2D eigenvalue weighted by atomic mass is 9.87. The van der Waals surface area contributed by atoms with Crippen LogP contribution in [0.5, 0.6) is 0 Å². The molecule has 1 aliphatic rings. The van der Waals surface area contributed by atoms with Crippen molar-refractivity contribution in [2.75, 3.05) is 12.9 Å². The number of ether oxygens (including phenoxy) is 1. The van der Waals surface area contributed by atoms with Gasteiger partial charge in [-0.15, -0.1) is 0 Å². The molecule has 0 aromatic carbocycles. The first-order chi connectivity index (χ1) is 6.00. The Labute approximate surface area is 79.2 Å². The van der Waals surface area contributed by atoms with Crippen LogP contribution in [0.15, 0.2) is 0 Å². The lowest BCUT2D eigenvalue weighted by molar-refractivity contribution is -0.151. The lowest BCUT2D eigenvalue weighted by Crippen LogP contribution is -2.35. The SMILES string of the molecule is COC(=O)C(C)(C[SH](=O)=O)C1CC1. The Hall–Kier alpha value is -0.580. The van der Waals surface area contributed by atoms with Gasteiger partial charge in [0.25, 0.3) is 0 Å². The Morgan fingerprint density at radius 2 is 2.08 bits per heavy atom. The molecular formula is C8H14O4S. The quantitative estimate of drug-likeness (QED) is 0.527. The molecule has 76 valence electrons. The van der Waals surface area contributed by atoms with Gasteiger partial charge in [0.05, 0.1) is 18.3 Å². The maximum atomic E-state index is 11.4. The van der Waals surface area contributed by atoms with Crippen LogP contribution in [-0.2, 0) is 20.2 Å². The summed E-state index contributed by atoms with van der Waals surface area (Å²) in [5, 5.41) is 0. The summed E-state index contributed by atoms with van der Waals surface area (Å²) in [4.78, 5) is 11.4. The standard InChI is InChI=1S/C8H14O4S/c1-8(5-13(10)11,6-3-4-6)7(9)12-2/h6,13H,3-5H2,1-2H3. The van der Waals surface area contributed by atoms with Crippen molar-refractivity contribution in [3.63, 3.8) is 0 Å². The highest BCUT2D eigenvalue weighted by atomic mass is 32.2. The van der Waals surface area contributed by atoms with Crippen LogP contribution in [-0.4, -0.2) is 27.2 Å². The normalized spacial score (nSPS) is 21.2. The molecule has 0 saturated heterocycles. The van der Waals surface area contributed by atoms with E-state index < -0.39 is 22.1 Å². The zero-order chi connectivity index (χ0) is 10.1. The number of hydrogen-bond acceptors (Lipinski definition) is 4. The number of rotatable bonds is 4. The van der Waals surface area contributed by atoms with Gasteiger partial charge < -0.3 is 4.74 Å².